The normalized spacial score (nSPS) is 8.76. The number of carbonyl (C=O) groups is 1. The number of ether oxygens (including phenoxy) is 1. The zero-order valence-corrected chi connectivity index (χ0v) is 10.0. The number of carbonyl (C=O) groups excluding carboxylic acids is 1. The van der Waals surface area contributed by atoms with Gasteiger partial charge in [-0.2, -0.15) is 5.26 Å². The van der Waals surface area contributed by atoms with Gasteiger partial charge in [0, 0.05) is 5.56 Å². The molecule has 0 aromatic heterocycles. The topological polar surface area (TPSA) is 50.1 Å². The molecule has 0 heterocycles. The third kappa shape index (κ3) is 4.18. The highest BCUT2D eigenvalue weighted by Gasteiger charge is 1.99. The molecule has 0 aliphatic heterocycles. The Balaban J connectivity index is 2.73. The van der Waals surface area contributed by atoms with Crippen LogP contribution in [0.15, 0.2) is 18.2 Å². The second-order valence-corrected chi connectivity index (χ2v) is 3.50. The smallest absolute Gasteiger partial charge is 0.317 e. The summed E-state index contributed by atoms with van der Waals surface area (Å²) in [5.74, 6) is 5.10. The molecule has 0 unspecified atom stereocenters. The summed E-state index contributed by atoms with van der Waals surface area (Å²) in [6, 6.07) is 6.85. The Labute approximate surface area is 105 Å². The first-order chi connectivity index (χ1) is 8.17. The Morgan fingerprint density at radius 2 is 2.29 bits per heavy atom. The number of halogens is 1. The Morgan fingerprint density at radius 3 is 2.94 bits per heavy atom. The summed E-state index contributed by atoms with van der Waals surface area (Å²) in [7, 11) is 0. The minimum Gasteiger partial charge on any atom is -0.465 e. The number of esters is 1. The van der Waals surface area contributed by atoms with Crippen LogP contribution in [0.4, 0.5) is 0 Å². The average molecular weight is 248 g/mol. The SMILES string of the molecule is CCOC(=O)CC#Cc1ccc(Cl)c(C#N)c1. The Morgan fingerprint density at radius 1 is 1.53 bits per heavy atom. The van der Waals surface area contributed by atoms with Gasteiger partial charge in [-0.05, 0) is 25.1 Å². The third-order valence-electron chi connectivity index (χ3n) is 1.86. The predicted octanol–water partition coefficient (Wildman–Crippen LogP) is 2.52. The van der Waals surface area contributed by atoms with Gasteiger partial charge in [-0.1, -0.05) is 23.4 Å². The van der Waals surface area contributed by atoms with Gasteiger partial charge < -0.3 is 4.74 Å². The fourth-order valence-corrected chi connectivity index (χ4v) is 1.28. The van der Waals surface area contributed by atoms with E-state index >= 15 is 0 Å². The fraction of sp³-hybridized carbons (Fsp3) is 0.231. The molecule has 1 rings (SSSR count). The van der Waals surface area contributed by atoms with Crippen LogP contribution in [-0.2, 0) is 9.53 Å². The molecule has 0 fully saturated rings. The molecule has 0 aliphatic carbocycles. The maximum atomic E-state index is 11.0. The van der Waals surface area contributed by atoms with Gasteiger partial charge in [-0.3, -0.25) is 4.79 Å². The van der Waals surface area contributed by atoms with E-state index in [0.29, 0.717) is 22.8 Å². The third-order valence-corrected chi connectivity index (χ3v) is 2.19. The van der Waals surface area contributed by atoms with E-state index in [4.69, 9.17) is 21.6 Å². The van der Waals surface area contributed by atoms with E-state index < -0.39 is 0 Å². The van der Waals surface area contributed by atoms with Crippen molar-refractivity contribution in [3.63, 3.8) is 0 Å². The maximum absolute atomic E-state index is 11.0. The molecular formula is C13H10ClNO2. The molecule has 0 spiro atoms. The van der Waals surface area contributed by atoms with Gasteiger partial charge in [-0.25, -0.2) is 0 Å². The first kappa shape index (κ1) is 13.1. The highest BCUT2D eigenvalue weighted by Crippen LogP contribution is 2.15. The second kappa shape index (κ2) is 6.58. The minimum absolute atomic E-state index is 0.0400. The van der Waals surface area contributed by atoms with Crippen molar-refractivity contribution in [2.45, 2.75) is 13.3 Å². The van der Waals surface area contributed by atoms with Crippen LogP contribution >= 0.6 is 11.6 Å². The summed E-state index contributed by atoms with van der Waals surface area (Å²) in [6.07, 6.45) is 0.0400. The van der Waals surface area contributed by atoms with Gasteiger partial charge in [0.25, 0.3) is 0 Å². The van der Waals surface area contributed by atoms with E-state index in [1.165, 1.54) is 0 Å². The van der Waals surface area contributed by atoms with Crippen molar-refractivity contribution in [1.29, 1.82) is 5.26 Å². The van der Waals surface area contributed by atoms with Gasteiger partial charge >= 0.3 is 5.97 Å². The lowest BCUT2D eigenvalue weighted by atomic mass is 10.1. The lowest BCUT2D eigenvalue weighted by molar-refractivity contribution is -0.141. The van der Waals surface area contributed by atoms with E-state index in [9.17, 15) is 4.79 Å². The van der Waals surface area contributed by atoms with E-state index in [0.717, 1.165) is 0 Å². The van der Waals surface area contributed by atoms with Crippen molar-refractivity contribution >= 4 is 17.6 Å². The number of benzene rings is 1. The molecule has 0 amide bonds. The zero-order valence-electron chi connectivity index (χ0n) is 9.29. The van der Waals surface area contributed by atoms with Crippen molar-refractivity contribution in [2.75, 3.05) is 6.61 Å². The van der Waals surface area contributed by atoms with E-state index in [-0.39, 0.29) is 12.4 Å². The number of hydrogen-bond donors (Lipinski definition) is 0. The molecule has 4 heteroatoms. The number of nitriles is 1. The van der Waals surface area contributed by atoms with Gasteiger partial charge in [0.1, 0.15) is 12.5 Å². The highest BCUT2D eigenvalue weighted by atomic mass is 35.5. The molecular weight excluding hydrogens is 238 g/mol. The molecule has 0 saturated heterocycles. The van der Waals surface area contributed by atoms with Crippen LogP contribution in [0, 0.1) is 23.2 Å². The summed E-state index contributed by atoms with van der Waals surface area (Å²) in [4.78, 5) is 11.0. The highest BCUT2D eigenvalue weighted by molar-refractivity contribution is 6.31. The van der Waals surface area contributed by atoms with Crippen molar-refractivity contribution < 1.29 is 9.53 Å². The van der Waals surface area contributed by atoms with Crippen molar-refractivity contribution in [1.82, 2.24) is 0 Å². The first-order valence-corrected chi connectivity index (χ1v) is 5.39. The summed E-state index contributed by atoms with van der Waals surface area (Å²) in [6.45, 7) is 2.09. The summed E-state index contributed by atoms with van der Waals surface area (Å²) in [5.41, 5.74) is 1.02. The molecule has 1 aromatic rings. The van der Waals surface area contributed by atoms with Crippen LogP contribution in [-0.4, -0.2) is 12.6 Å². The second-order valence-electron chi connectivity index (χ2n) is 3.09. The zero-order chi connectivity index (χ0) is 12.7. The Kier molecular flexibility index (Phi) is 5.07. The minimum atomic E-state index is -0.352. The Bertz CT molecular complexity index is 520. The molecule has 3 nitrogen and oxygen atoms in total. The summed E-state index contributed by atoms with van der Waals surface area (Å²) >= 11 is 5.78. The van der Waals surface area contributed by atoms with Gasteiger partial charge in [0.2, 0.25) is 0 Å². The molecule has 17 heavy (non-hydrogen) atoms. The molecule has 0 saturated carbocycles. The standard InChI is InChI=1S/C13H10ClNO2/c1-2-17-13(16)5-3-4-10-6-7-12(14)11(8-10)9-15/h6-8H,2,5H2,1H3. The summed E-state index contributed by atoms with van der Waals surface area (Å²) in [5, 5.41) is 9.16. The van der Waals surface area contributed by atoms with Crippen LogP contribution in [0.25, 0.3) is 0 Å². The molecule has 1 aromatic carbocycles. The number of nitrogens with zero attached hydrogens (tertiary/aromatic N) is 1. The maximum Gasteiger partial charge on any atom is 0.317 e. The summed E-state index contributed by atoms with van der Waals surface area (Å²) < 4.78 is 4.73. The van der Waals surface area contributed by atoms with Crippen molar-refractivity contribution in [3.8, 4) is 17.9 Å². The van der Waals surface area contributed by atoms with Crippen molar-refractivity contribution in [2.24, 2.45) is 0 Å². The van der Waals surface area contributed by atoms with Gasteiger partial charge in [-0.15, -0.1) is 0 Å². The van der Waals surface area contributed by atoms with E-state index in [2.05, 4.69) is 11.8 Å². The quantitative estimate of drug-likeness (QED) is 0.596. The van der Waals surface area contributed by atoms with Crippen LogP contribution in [0.2, 0.25) is 5.02 Å². The molecule has 0 N–H and O–H groups in total. The predicted molar refractivity (Wildman–Crippen MR) is 64.3 cm³/mol. The lowest BCUT2D eigenvalue weighted by Crippen LogP contribution is -2.01. The fourth-order valence-electron chi connectivity index (χ4n) is 1.12. The average Bonchev–Trinajstić information content (AvgIpc) is 2.31. The van der Waals surface area contributed by atoms with E-state index in [1.807, 2.05) is 6.07 Å². The van der Waals surface area contributed by atoms with Gasteiger partial charge in [0.05, 0.1) is 17.2 Å². The number of hydrogen-bond acceptors (Lipinski definition) is 3. The first-order valence-electron chi connectivity index (χ1n) is 5.01. The molecule has 0 radical (unpaired) electrons. The van der Waals surface area contributed by atoms with Crippen LogP contribution in [0.1, 0.15) is 24.5 Å². The van der Waals surface area contributed by atoms with Crippen LogP contribution < -0.4 is 0 Å². The molecule has 0 aliphatic rings. The monoisotopic (exact) mass is 247 g/mol. The molecule has 0 bridgehead atoms. The van der Waals surface area contributed by atoms with Crippen LogP contribution in [0.5, 0.6) is 0 Å². The largest absolute Gasteiger partial charge is 0.465 e. The van der Waals surface area contributed by atoms with Gasteiger partial charge in [0.15, 0.2) is 0 Å². The lowest BCUT2D eigenvalue weighted by Gasteiger charge is -1.96. The Hall–Kier alpha value is -1.97. The van der Waals surface area contributed by atoms with E-state index in [1.54, 1.807) is 25.1 Å². The van der Waals surface area contributed by atoms with Crippen molar-refractivity contribution in [3.05, 3.63) is 34.3 Å². The molecule has 0 atom stereocenters. The molecule has 86 valence electrons. The van der Waals surface area contributed by atoms with Crippen LogP contribution in [0.3, 0.4) is 0 Å². The number of rotatable bonds is 2.